The van der Waals surface area contributed by atoms with E-state index in [1.54, 1.807) is 13.2 Å². The molecule has 3 aromatic carbocycles. The highest BCUT2D eigenvalue weighted by Gasteiger charge is 2.31. The van der Waals surface area contributed by atoms with Crippen molar-refractivity contribution in [2.45, 2.75) is 17.7 Å². The van der Waals surface area contributed by atoms with Crippen LogP contribution in [0.2, 0.25) is 0 Å². The van der Waals surface area contributed by atoms with Crippen LogP contribution in [-0.2, 0) is 22.9 Å². The quantitative estimate of drug-likeness (QED) is 0.550. The van der Waals surface area contributed by atoms with Crippen molar-refractivity contribution in [3.8, 4) is 11.5 Å². The lowest BCUT2D eigenvalue weighted by Crippen LogP contribution is -2.30. The molecule has 0 fully saturated rings. The molecule has 33 heavy (non-hydrogen) atoms. The van der Waals surface area contributed by atoms with Gasteiger partial charge >= 0.3 is 0 Å². The molecule has 0 aromatic heterocycles. The van der Waals surface area contributed by atoms with Gasteiger partial charge < -0.3 is 14.8 Å². The zero-order chi connectivity index (χ0) is 23.4. The maximum Gasteiger partial charge on any atom is 0.264 e. The third-order valence-electron chi connectivity index (χ3n) is 5.71. The van der Waals surface area contributed by atoms with Gasteiger partial charge in [0.25, 0.3) is 15.9 Å². The molecule has 0 bridgehead atoms. The average Bonchev–Trinajstić information content (AvgIpc) is 3.29. The van der Waals surface area contributed by atoms with Crippen LogP contribution in [0.4, 0.5) is 5.69 Å². The normalized spacial score (nSPS) is 12.8. The van der Waals surface area contributed by atoms with Gasteiger partial charge in [-0.15, -0.1) is 0 Å². The summed E-state index contributed by atoms with van der Waals surface area (Å²) in [6.07, 6.45) is 1.28. The van der Waals surface area contributed by atoms with Crippen LogP contribution in [0.25, 0.3) is 0 Å². The van der Waals surface area contributed by atoms with Crippen molar-refractivity contribution in [1.82, 2.24) is 5.32 Å². The topological polar surface area (TPSA) is 84.9 Å². The fraction of sp³-hybridized carbons (Fsp3) is 0.240. The molecule has 1 aliphatic rings. The monoisotopic (exact) mass is 466 g/mol. The third-order valence-corrected chi connectivity index (χ3v) is 7.52. The fourth-order valence-corrected chi connectivity index (χ4v) is 5.45. The Morgan fingerprint density at radius 3 is 2.48 bits per heavy atom. The number of carbonyl (C=O) groups excluding carboxylic acids is 1. The van der Waals surface area contributed by atoms with Gasteiger partial charge in [-0.2, -0.15) is 0 Å². The first kappa shape index (κ1) is 22.7. The summed E-state index contributed by atoms with van der Waals surface area (Å²) in [6.45, 7) is 0.766. The average molecular weight is 467 g/mol. The highest BCUT2D eigenvalue weighted by atomic mass is 32.2. The zero-order valence-corrected chi connectivity index (χ0v) is 19.4. The van der Waals surface area contributed by atoms with Crippen molar-refractivity contribution in [1.29, 1.82) is 0 Å². The number of nitrogens with zero attached hydrogens (tertiary/aromatic N) is 1. The van der Waals surface area contributed by atoms with E-state index in [0.29, 0.717) is 37.4 Å². The van der Waals surface area contributed by atoms with Crippen molar-refractivity contribution >= 4 is 21.6 Å². The molecule has 1 heterocycles. The number of ether oxygens (including phenoxy) is 2. The minimum Gasteiger partial charge on any atom is -0.497 e. The Bertz CT molecular complexity index is 1260. The molecule has 0 radical (unpaired) electrons. The van der Waals surface area contributed by atoms with Gasteiger partial charge in [-0.25, -0.2) is 8.42 Å². The van der Waals surface area contributed by atoms with Crippen LogP contribution in [0.3, 0.4) is 0 Å². The highest BCUT2D eigenvalue weighted by Crippen LogP contribution is 2.33. The maximum atomic E-state index is 13.4. The molecule has 0 saturated heterocycles. The molecular formula is C25H26N2O5S. The minimum absolute atomic E-state index is 0.0558. The van der Waals surface area contributed by atoms with Crippen molar-refractivity contribution in [3.05, 3.63) is 83.4 Å². The molecule has 4 rings (SSSR count). The summed E-state index contributed by atoms with van der Waals surface area (Å²) in [6, 6.07) is 19.4. The van der Waals surface area contributed by atoms with Gasteiger partial charge in [0.2, 0.25) is 0 Å². The number of methoxy groups -OCH3 is 2. The van der Waals surface area contributed by atoms with Crippen LogP contribution in [0.1, 0.15) is 21.5 Å². The van der Waals surface area contributed by atoms with E-state index in [1.165, 1.54) is 29.6 Å². The summed E-state index contributed by atoms with van der Waals surface area (Å²) in [4.78, 5) is 13.0. The summed E-state index contributed by atoms with van der Waals surface area (Å²) in [5.74, 6) is 0.697. The van der Waals surface area contributed by atoms with Crippen molar-refractivity contribution in [2.75, 3.05) is 31.6 Å². The summed E-state index contributed by atoms with van der Waals surface area (Å²) in [7, 11) is -0.754. The van der Waals surface area contributed by atoms with Crippen LogP contribution in [-0.4, -0.2) is 41.6 Å². The molecular weight excluding hydrogens is 440 g/mol. The van der Waals surface area contributed by atoms with E-state index in [4.69, 9.17) is 9.47 Å². The lowest BCUT2D eigenvalue weighted by atomic mass is 10.1. The summed E-state index contributed by atoms with van der Waals surface area (Å²) < 4.78 is 38.6. The first-order valence-corrected chi connectivity index (χ1v) is 12.1. The van der Waals surface area contributed by atoms with E-state index < -0.39 is 10.0 Å². The lowest BCUT2D eigenvalue weighted by Gasteiger charge is -2.20. The maximum absolute atomic E-state index is 13.4. The van der Waals surface area contributed by atoms with Crippen molar-refractivity contribution in [3.63, 3.8) is 0 Å². The second-order valence-electron chi connectivity index (χ2n) is 7.67. The molecule has 1 N–H and O–H groups in total. The number of amides is 1. The molecule has 0 saturated carbocycles. The Balaban J connectivity index is 1.52. The Morgan fingerprint density at radius 2 is 1.76 bits per heavy atom. The first-order valence-electron chi connectivity index (χ1n) is 10.6. The molecule has 1 aliphatic heterocycles. The van der Waals surface area contributed by atoms with Crippen LogP contribution in [0, 0.1) is 0 Å². The molecule has 0 unspecified atom stereocenters. The van der Waals surface area contributed by atoms with Gasteiger partial charge in [-0.1, -0.05) is 30.3 Å². The van der Waals surface area contributed by atoms with Gasteiger partial charge in [0.05, 0.1) is 30.4 Å². The van der Waals surface area contributed by atoms with Crippen LogP contribution >= 0.6 is 0 Å². The van der Waals surface area contributed by atoms with E-state index in [-0.39, 0.29) is 16.4 Å². The number of carbonyl (C=O) groups is 1. The summed E-state index contributed by atoms with van der Waals surface area (Å²) in [5.41, 5.74) is 2.90. The predicted molar refractivity (Wildman–Crippen MR) is 127 cm³/mol. The lowest BCUT2D eigenvalue weighted by molar-refractivity contribution is 0.0951. The van der Waals surface area contributed by atoms with E-state index in [9.17, 15) is 13.2 Å². The number of para-hydroxylation sites is 1. The van der Waals surface area contributed by atoms with Crippen LogP contribution < -0.4 is 19.1 Å². The largest absolute Gasteiger partial charge is 0.497 e. The first-order chi connectivity index (χ1) is 15.9. The van der Waals surface area contributed by atoms with E-state index >= 15 is 0 Å². The predicted octanol–water partition coefficient (Wildman–Crippen LogP) is 3.43. The van der Waals surface area contributed by atoms with Crippen molar-refractivity contribution in [2.24, 2.45) is 0 Å². The molecule has 1 amide bonds. The second-order valence-corrected chi connectivity index (χ2v) is 9.53. The van der Waals surface area contributed by atoms with Crippen LogP contribution in [0.5, 0.6) is 11.5 Å². The Kier molecular flexibility index (Phi) is 6.55. The van der Waals surface area contributed by atoms with E-state index in [2.05, 4.69) is 5.32 Å². The number of nitrogens with one attached hydrogen (secondary N) is 1. The second kappa shape index (κ2) is 9.54. The standard InChI is InChI=1S/C25H26N2O5S/c1-31-20-9-7-18(8-10-20)13-15-26-25(28)22-17-21(11-12-24(22)32-2)33(29,30)27-16-14-19-5-3-4-6-23(19)27/h3-12,17H,13-16H2,1-2H3,(H,26,28). The number of anilines is 1. The number of hydrogen-bond acceptors (Lipinski definition) is 5. The summed E-state index contributed by atoms with van der Waals surface area (Å²) >= 11 is 0. The third kappa shape index (κ3) is 4.66. The number of benzene rings is 3. The smallest absolute Gasteiger partial charge is 0.264 e. The van der Waals surface area contributed by atoms with Crippen molar-refractivity contribution < 1.29 is 22.7 Å². The Labute approximate surface area is 194 Å². The van der Waals surface area contributed by atoms with E-state index in [0.717, 1.165) is 16.9 Å². The number of rotatable bonds is 8. The molecule has 0 aliphatic carbocycles. The molecule has 0 atom stereocenters. The molecule has 7 nitrogen and oxygen atoms in total. The number of sulfonamides is 1. The molecule has 8 heteroatoms. The Morgan fingerprint density at radius 1 is 1.00 bits per heavy atom. The molecule has 172 valence electrons. The zero-order valence-electron chi connectivity index (χ0n) is 18.6. The SMILES string of the molecule is COc1ccc(CCNC(=O)c2cc(S(=O)(=O)N3CCc4ccccc43)ccc2OC)cc1. The van der Waals surface area contributed by atoms with E-state index in [1.807, 2.05) is 42.5 Å². The van der Waals surface area contributed by atoms with Crippen LogP contribution in [0.15, 0.2) is 71.6 Å². The highest BCUT2D eigenvalue weighted by molar-refractivity contribution is 7.92. The van der Waals surface area contributed by atoms with Gasteiger partial charge in [-0.3, -0.25) is 9.10 Å². The molecule has 3 aromatic rings. The Hall–Kier alpha value is -3.52. The summed E-state index contributed by atoms with van der Waals surface area (Å²) in [5, 5.41) is 2.86. The number of fused-ring (bicyclic) bond motifs is 1. The fourth-order valence-electron chi connectivity index (χ4n) is 3.92. The minimum atomic E-state index is -3.82. The molecule has 0 spiro atoms. The van der Waals surface area contributed by atoms with Gasteiger partial charge in [0.15, 0.2) is 0 Å². The van der Waals surface area contributed by atoms with Gasteiger partial charge in [-0.05, 0) is 60.4 Å². The number of hydrogen-bond donors (Lipinski definition) is 1. The van der Waals surface area contributed by atoms with Gasteiger partial charge in [0.1, 0.15) is 11.5 Å². The van der Waals surface area contributed by atoms with Gasteiger partial charge in [0, 0.05) is 13.1 Å².